The maximum atomic E-state index is 12.7. The second-order valence-corrected chi connectivity index (χ2v) is 36.8. The Morgan fingerprint density at radius 2 is 0.752 bits per heavy atom. The molecule has 36 nitrogen and oxygen atoms in total. The van der Waals surface area contributed by atoms with Crippen molar-refractivity contribution in [3.8, 4) is 0 Å². The van der Waals surface area contributed by atoms with E-state index in [9.17, 15) is 52.6 Å². The lowest BCUT2D eigenvalue weighted by atomic mass is 10.1. The van der Waals surface area contributed by atoms with Gasteiger partial charge in [-0.1, -0.05) is 55.4 Å². The predicted octanol–water partition coefficient (Wildman–Crippen LogP) is 15.3. The van der Waals surface area contributed by atoms with Crippen molar-refractivity contribution < 1.29 is 48.3 Å². The number of carbonyl (C=O) groups excluding carboxylic acids is 3. The number of nitrogen functional groups attached to an aromatic ring is 2. The molecule has 4 saturated heterocycles. The molecule has 2 saturated carbocycles. The predicted molar refractivity (Wildman–Crippen MR) is 519 cm³/mol. The lowest BCUT2D eigenvalue weighted by Gasteiger charge is -2.36. The van der Waals surface area contributed by atoms with Crippen LogP contribution in [0.5, 0.6) is 0 Å². The third-order valence-corrected chi connectivity index (χ3v) is 23.1. The minimum atomic E-state index is -1.26. The van der Waals surface area contributed by atoms with Gasteiger partial charge in [0.1, 0.15) is 39.7 Å². The van der Waals surface area contributed by atoms with E-state index >= 15 is 0 Å². The van der Waals surface area contributed by atoms with E-state index < -0.39 is 48.2 Å². The third kappa shape index (κ3) is 33.4. The molecule has 125 heavy (non-hydrogen) atoms. The fourth-order valence-corrected chi connectivity index (χ4v) is 15.1. The molecule has 0 spiro atoms. The Hall–Kier alpha value is -8.82. The number of hydrogen-bond acceptors (Lipinski definition) is 29. The molecule has 6 N–H and O–H groups in total. The minimum absolute atomic E-state index is 0. The van der Waals surface area contributed by atoms with Crippen LogP contribution in [-0.4, -0.2) is 234 Å². The number of nitrogens with one attached hydrogen (secondary N) is 2. The van der Waals surface area contributed by atoms with Crippen LogP contribution >= 0.6 is 71.8 Å². The van der Waals surface area contributed by atoms with Crippen LogP contribution in [0.3, 0.4) is 0 Å². The van der Waals surface area contributed by atoms with Crippen molar-refractivity contribution >= 4 is 174 Å². The van der Waals surface area contributed by atoms with Gasteiger partial charge in [0.25, 0.3) is 11.1 Å². The Kier molecular flexibility index (Phi) is 45.2. The van der Waals surface area contributed by atoms with E-state index in [-0.39, 0.29) is 119 Å². The number of fused-ring (bicyclic) bond motifs is 2. The summed E-state index contributed by atoms with van der Waals surface area (Å²) in [5.41, 5.74) is 15.4. The molecule has 8 aromatic heterocycles. The molecule has 6 aliphatic rings. The highest BCUT2D eigenvalue weighted by Gasteiger charge is 2.32. The highest BCUT2D eigenvalue weighted by molar-refractivity contribution is 14.0. The van der Waals surface area contributed by atoms with Crippen LogP contribution in [0.1, 0.15) is 168 Å². The number of anilines is 5. The minimum Gasteiger partial charge on any atom is -0.444 e. The van der Waals surface area contributed by atoms with E-state index in [1.165, 1.54) is 24.5 Å². The normalized spacial score (nSPS) is 15.7. The smallest absolute Gasteiger partial charge is 0.410 e. The zero-order valence-corrected chi connectivity index (χ0v) is 79.2. The second kappa shape index (κ2) is 51.2. The third-order valence-electron chi connectivity index (χ3n) is 19.3. The summed E-state index contributed by atoms with van der Waals surface area (Å²) in [6, 6.07) is 13.8. The van der Waals surface area contributed by atoms with E-state index in [1.807, 2.05) is 93.2 Å². The van der Waals surface area contributed by atoms with Crippen molar-refractivity contribution in [2.75, 3.05) is 143 Å². The number of ether oxygens (including phenoxy) is 3. The lowest BCUT2D eigenvalue weighted by Crippen LogP contribution is -2.50. The summed E-state index contributed by atoms with van der Waals surface area (Å²) in [5, 5.41) is 29.3. The van der Waals surface area contributed by atoms with Crippen LogP contribution in [0.25, 0.3) is 22.1 Å². The Bertz CT molecular complexity index is 4750. The number of aryl methyl sites for hydroxylation is 2. The van der Waals surface area contributed by atoms with Gasteiger partial charge in [0.2, 0.25) is 10.3 Å². The van der Waals surface area contributed by atoms with E-state index in [0.717, 1.165) is 147 Å². The molecule has 12 heterocycles. The largest absolute Gasteiger partial charge is 0.444 e. The molecule has 2 unspecified atom stereocenters. The molecule has 8 aromatic rings. The second-order valence-electron chi connectivity index (χ2n) is 31.8. The number of carbonyl (C=O) groups is 3. The molecule has 2 atom stereocenters. The molecule has 42 heteroatoms. The average Bonchev–Trinajstić information content (AvgIpc) is 1.11. The first-order chi connectivity index (χ1) is 56.7. The fourth-order valence-electron chi connectivity index (χ4n) is 13.2. The number of rotatable bonds is 9. The number of amides is 3. The molecular weight excluding hydrogens is 1960 g/mol. The van der Waals surface area contributed by atoms with Crippen molar-refractivity contribution in [1.82, 2.24) is 74.3 Å². The molecule has 14 rings (SSSR count). The molecule has 0 aromatic carbocycles. The van der Waals surface area contributed by atoms with E-state index in [4.69, 9.17) is 25.7 Å². The van der Waals surface area contributed by atoms with Crippen LogP contribution < -0.4 is 47.9 Å². The van der Waals surface area contributed by atoms with Gasteiger partial charge in [0, 0.05) is 166 Å². The highest BCUT2D eigenvalue weighted by atomic mass is 127. The van der Waals surface area contributed by atoms with Crippen LogP contribution in [0.4, 0.5) is 54.7 Å². The summed E-state index contributed by atoms with van der Waals surface area (Å²) in [5.74, 6) is 0.724. The van der Waals surface area contributed by atoms with Gasteiger partial charge in [-0.3, -0.25) is 27.1 Å². The van der Waals surface area contributed by atoms with Crippen molar-refractivity contribution in [3.63, 3.8) is 0 Å². The topological polar surface area (TPSA) is 442 Å². The Morgan fingerprint density at radius 1 is 0.464 bits per heavy atom. The number of nitro groups is 2. The Labute approximate surface area is 781 Å². The molecule has 4 aliphatic heterocycles. The van der Waals surface area contributed by atoms with Crippen molar-refractivity contribution in [2.45, 2.75) is 196 Å². The number of nitrogens with zero attached hydrogens (tertiary/aromatic N) is 18. The molecular formula is C83H128Br3IN22O14S2. The van der Waals surface area contributed by atoms with Crippen LogP contribution in [0.15, 0.2) is 119 Å². The number of halogens is 4. The summed E-state index contributed by atoms with van der Waals surface area (Å²) in [6.45, 7) is 33.1. The first-order valence-corrected chi connectivity index (χ1v) is 44.9. The van der Waals surface area contributed by atoms with Crippen molar-refractivity contribution in [2.24, 2.45) is 0 Å². The van der Waals surface area contributed by atoms with Crippen LogP contribution in [0.2, 0.25) is 0 Å². The number of nitrogens with two attached hydrogens (primary N) is 2. The van der Waals surface area contributed by atoms with Gasteiger partial charge in [0.15, 0.2) is 12.4 Å². The zero-order valence-electron chi connectivity index (χ0n) is 70.5. The van der Waals surface area contributed by atoms with Crippen molar-refractivity contribution in [1.29, 1.82) is 0 Å². The van der Waals surface area contributed by atoms with Crippen LogP contribution in [-0.2, 0) is 35.8 Å². The van der Waals surface area contributed by atoms with E-state index in [1.54, 1.807) is 85.4 Å². The maximum absolute atomic E-state index is 12.7. The maximum Gasteiger partial charge on any atom is 0.410 e. The lowest BCUT2D eigenvalue weighted by molar-refractivity contribution is -0.389. The summed E-state index contributed by atoms with van der Waals surface area (Å²) < 4.78 is 44.8. The summed E-state index contributed by atoms with van der Waals surface area (Å²) >= 11 is 9.90. The molecule has 0 bridgehead atoms. The zero-order chi connectivity index (χ0) is 87.9. The van der Waals surface area contributed by atoms with Crippen molar-refractivity contribution in [3.05, 3.63) is 151 Å². The number of pyridine rings is 6. The van der Waals surface area contributed by atoms with Gasteiger partial charge in [-0.2, -0.15) is 0 Å². The van der Waals surface area contributed by atoms with Gasteiger partial charge in [-0.25, -0.2) is 44.3 Å². The first-order valence-electron chi connectivity index (χ1n) is 39.4. The number of piperazine rings is 4. The number of aromatic nitrogens is 10. The number of hydrogen-bond donors (Lipinski definition) is 4. The average molecular weight is 2090 g/mol. The molecule has 2 aliphatic carbocycles. The summed E-state index contributed by atoms with van der Waals surface area (Å²) in [7, 11) is -2.53. The fraction of sp³-hybridized carbons (Fsp3) is 0.554. The van der Waals surface area contributed by atoms with E-state index in [0.29, 0.717) is 84.2 Å². The first kappa shape index (κ1) is 110. The Balaban J connectivity index is 0.000000504. The molecule has 3 amide bonds. The van der Waals surface area contributed by atoms with Gasteiger partial charge in [-0.15, -0.1) is 24.0 Å². The summed E-state index contributed by atoms with van der Waals surface area (Å²) in [6.07, 6.45) is 20.5. The van der Waals surface area contributed by atoms with Crippen LogP contribution in [0, 0.1) is 34.1 Å². The van der Waals surface area contributed by atoms with Gasteiger partial charge < -0.3 is 85.9 Å². The van der Waals surface area contributed by atoms with Gasteiger partial charge in [0.05, 0.1) is 64.5 Å². The summed E-state index contributed by atoms with van der Waals surface area (Å²) in [4.78, 5) is 125. The highest BCUT2D eigenvalue weighted by Crippen LogP contribution is 2.35. The molecule has 0 radical (unpaired) electrons. The molecule has 6 fully saturated rings. The Morgan fingerprint density at radius 3 is 0.992 bits per heavy atom. The van der Waals surface area contributed by atoms with E-state index in [2.05, 4.69) is 108 Å². The quantitative estimate of drug-likeness (QED) is 0.0343. The molecule has 694 valence electrons. The monoisotopic (exact) mass is 2080 g/mol. The van der Waals surface area contributed by atoms with Gasteiger partial charge >= 0.3 is 29.9 Å². The SMILES string of the molecule is C.C.C.C.C1CNCCN1.CC(C)(C)OC(=O)N1CCN(c2ccc(N)nc2)CC1.CC(C)(C)OC(=O)N1CCN(c2ccc(N)nc2)CC1.CC(C)(C)OC(=O)N1CCN(c2ccc([N+](=O)[O-])nc2)CC1.Cc1c(Br)c(=O)n(C2CCCC2)c2nc(S(C)=O)ncc12.Cc1c(Br)c(=O)n(C2CCCC2)c2nc(S(C)=O)ncc12.I.O=[N+]([O-])c1ccc(Br)cn1.[HH]. The van der Waals surface area contributed by atoms with Gasteiger partial charge in [-0.05, 0) is 217 Å². The standard InChI is InChI=1S/2C14H16BrN3O2S.C14H20N4O4.2C14H22N4O2.C5H3BrN2O2.C4H10N2.4CH4.HI.H2/c2*1-8-10-7-16-14(21(2)20)17-12(10)18(13(19)11(8)15)9-5-3-4-6-9;1-14(2,3)22-13(19)17-8-6-16(7-9-17)11-4-5-12(15-10-11)18(20)21;2*1-14(2,3)20-13(19)18-8-6-17(7-9-18)11-4-5-12(15)16-10-11;6-4-1-2-5(7-3-4)8(9)10;1-2-6-4-3-5-1;;;;;;/h2*7,9H,3-6H2,1-2H3;4-5,10H,6-9H2,1-3H3;2*4-5,10H,6-9H2,1-3H3,(H2,15,16);1-3H;5-6H,1-4H2;4*1H4;2*1H.